The lowest BCUT2D eigenvalue weighted by atomic mass is 10.1. The van der Waals surface area contributed by atoms with Crippen molar-refractivity contribution in [2.75, 3.05) is 27.9 Å². The second kappa shape index (κ2) is 7.32. The van der Waals surface area contributed by atoms with Gasteiger partial charge in [-0.25, -0.2) is 0 Å². The lowest BCUT2D eigenvalue weighted by Crippen LogP contribution is -2.25. The number of amides is 1. The maximum Gasteiger partial charge on any atom is 0.327 e. The summed E-state index contributed by atoms with van der Waals surface area (Å²) in [4.78, 5) is 22.7. The van der Waals surface area contributed by atoms with E-state index in [2.05, 4.69) is 5.32 Å². The van der Waals surface area contributed by atoms with E-state index in [1.165, 1.54) is 27.4 Å². The van der Waals surface area contributed by atoms with Crippen LogP contribution in [-0.2, 0) is 0 Å². The molecule has 1 aromatic carbocycles. The van der Waals surface area contributed by atoms with Crippen molar-refractivity contribution in [3.8, 4) is 17.2 Å². The molecule has 1 aromatic rings. The molecule has 0 unspecified atom stereocenters. The summed E-state index contributed by atoms with van der Waals surface area (Å²) in [5, 5.41) is 13.9. The Kier molecular flexibility index (Phi) is 5.77. The first-order valence-corrected chi connectivity index (χ1v) is 6.27. The van der Waals surface area contributed by atoms with Gasteiger partial charge in [0.05, 0.1) is 26.3 Å². The van der Waals surface area contributed by atoms with Crippen LogP contribution in [0.15, 0.2) is 6.07 Å². The molecule has 8 heteroatoms. The van der Waals surface area contributed by atoms with Crippen LogP contribution < -0.4 is 19.5 Å². The van der Waals surface area contributed by atoms with Crippen LogP contribution in [0, 0.1) is 10.1 Å². The van der Waals surface area contributed by atoms with E-state index in [4.69, 9.17) is 14.2 Å². The molecule has 116 valence electrons. The molecule has 1 amide bonds. The van der Waals surface area contributed by atoms with Crippen LogP contribution in [0.1, 0.15) is 23.7 Å². The summed E-state index contributed by atoms with van der Waals surface area (Å²) < 4.78 is 15.2. The zero-order chi connectivity index (χ0) is 16.0. The number of methoxy groups -OCH3 is 3. The summed E-state index contributed by atoms with van der Waals surface area (Å²) in [6.07, 6.45) is 0.712. The molecule has 1 rings (SSSR count). The number of nitrogens with one attached hydrogen (secondary N) is 1. The average molecular weight is 298 g/mol. The van der Waals surface area contributed by atoms with Gasteiger partial charge in [-0.1, -0.05) is 6.92 Å². The second-order valence-electron chi connectivity index (χ2n) is 4.05. The molecule has 0 aliphatic heterocycles. The van der Waals surface area contributed by atoms with E-state index in [0.29, 0.717) is 13.0 Å². The molecule has 0 atom stereocenters. The topological polar surface area (TPSA) is 99.9 Å². The first-order valence-electron chi connectivity index (χ1n) is 6.27. The predicted molar refractivity (Wildman–Crippen MR) is 75.4 cm³/mol. The number of carbonyl (C=O) groups excluding carboxylic acids is 1. The molecule has 0 bridgehead atoms. The summed E-state index contributed by atoms with van der Waals surface area (Å²) in [5.74, 6) is -0.466. The van der Waals surface area contributed by atoms with Gasteiger partial charge in [0.2, 0.25) is 11.5 Å². The van der Waals surface area contributed by atoms with Crippen molar-refractivity contribution in [2.24, 2.45) is 0 Å². The lowest BCUT2D eigenvalue weighted by Gasteiger charge is -2.14. The maximum atomic E-state index is 12.1. The predicted octanol–water partition coefficient (Wildman–Crippen LogP) is 1.76. The van der Waals surface area contributed by atoms with E-state index in [1.54, 1.807) is 0 Å². The van der Waals surface area contributed by atoms with Gasteiger partial charge in [0.1, 0.15) is 5.56 Å². The fraction of sp³-hybridized carbons (Fsp3) is 0.462. The van der Waals surface area contributed by atoms with Gasteiger partial charge in [0, 0.05) is 12.6 Å². The minimum Gasteiger partial charge on any atom is -0.493 e. The van der Waals surface area contributed by atoms with Crippen LogP contribution >= 0.6 is 0 Å². The first-order chi connectivity index (χ1) is 10.0. The molecule has 0 aliphatic rings. The van der Waals surface area contributed by atoms with E-state index in [0.717, 1.165) is 0 Å². The van der Waals surface area contributed by atoms with Crippen molar-refractivity contribution < 1.29 is 23.9 Å². The minimum absolute atomic E-state index is 0.0683. The van der Waals surface area contributed by atoms with E-state index in [9.17, 15) is 14.9 Å². The van der Waals surface area contributed by atoms with Crippen molar-refractivity contribution in [1.82, 2.24) is 5.32 Å². The van der Waals surface area contributed by atoms with E-state index in [1.807, 2.05) is 6.92 Å². The Labute approximate surface area is 122 Å². The molecule has 0 heterocycles. The van der Waals surface area contributed by atoms with Crippen LogP contribution in [0.25, 0.3) is 0 Å². The van der Waals surface area contributed by atoms with Crippen LogP contribution in [0.3, 0.4) is 0 Å². The third kappa shape index (κ3) is 3.33. The molecule has 8 nitrogen and oxygen atoms in total. The Morgan fingerprint density at radius 3 is 2.29 bits per heavy atom. The molecular formula is C13H18N2O6. The number of nitrogens with zero attached hydrogens (tertiary/aromatic N) is 1. The highest BCUT2D eigenvalue weighted by Crippen LogP contribution is 2.46. The highest BCUT2D eigenvalue weighted by atomic mass is 16.6. The van der Waals surface area contributed by atoms with Gasteiger partial charge in [-0.05, 0) is 6.42 Å². The quantitative estimate of drug-likeness (QED) is 0.608. The molecule has 0 saturated carbocycles. The summed E-state index contributed by atoms with van der Waals surface area (Å²) in [5.41, 5.74) is -0.591. The maximum absolute atomic E-state index is 12.1. The number of benzene rings is 1. The van der Waals surface area contributed by atoms with Crippen LogP contribution in [0.4, 0.5) is 5.69 Å². The number of hydrogen-bond acceptors (Lipinski definition) is 6. The smallest absolute Gasteiger partial charge is 0.327 e. The van der Waals surface area contributed by atoms with E-state index >= 15 is 0 Å². The third-order valence-corrected chi connectivity index (χ3v) is 2.77. The lowest BCUT2D eigenvalue weighted by molar-refractivity contribution is -0.386. The van der Waals surface area contributed by atoms with Gasteiger partial charge in [0.25, 0.3) is 5.91 Å². The molecular weight excluding hydrogens is 280 g/mol. The molecule has 0 aliphatic carbocycles. The standard InChI is InChI=1S/C13H18N2O6/c1-5-6-14-13(16)8-7-9(19-2)11(20-3)12(21-4)10(8)15(17)18/h7H,5-6H2,1-4H3,(H,14,16). The molecule has 0 radical (unpaired) electrons. The number of ether oxygens (including phenoxy) is 3. The molecule has 1 N–H and O–H groups in total. The van der Waals surface area contributed by atoms with Gasteiger partial charge in [-0.15, -0.1) is 0 Å². The SMILES string of the molecule is CCCNC(=O)c1cc(OC)c(OC)c(OC)c1[N+](=O)[O-]. The zero-order valence-electron chi connectivity index (χ0n) is 12.4. The van der Waals surface area contributed by atoms with Crippen molar-refractivity contribution >= 4 is 11.6 Å². The molecule has 0 aromatic heterocycles. The van der Waals surface area contributed by atoms with E-state index in [-0.39, 0.29) is 22.8 Å². The average Bonchev–Trinajstić information content (AvgIpc) is 2.49. The monoisotopic (exact) mass is 298 g/mol. The van der Waals surface area contributed by atoms with Crippen LogP contribution in [0.2, 0.25) is 0 Å². The summed E-state index contributed by atoms with van der Waals surface area (Å²) >= 11 is 0. The fourth-order valence-corrected chi connectivity index (χ4v) is 1.83. The fourth-order valence-electron chi connectivity index (χ4n) is 1.83. The number of nitro benzene ring substituents is 1. The zero-order valence-corrected chi connectivity index (χ0v) is 12.4. The number of nitro groups is 1. The van der Waals surface area contributed by atoms with Crippen molar-refractivity contribution in [3.05, 3.63) is 21.7 Å². The summed E-state index contributed by atoms with van der Waals surface area (Å²) in [6.45, 7) is 2.29. The van der Waals surface area contributed by atoms with Crippen molar-refractivity contribution in [2.45, 2.75) is 13.3 Å². The second-order valence-corrected chi connectivity index (χ2v) is 4.05. The van der Waals surface area contributed by atoms with Gasteiger partial charge in [-0.2, -0.15) is 0 Å². The summed E-state index contributed by atoms with van der Waals surface area (Å²) in [7, 11) is 3.97. The van der Waals surface area contributed by atoms with Gasteiger partial charge >= 0.3 is 5.69 Å². The van der Waals surface area contributed by atoms with Crippen LogP contribution in [0.5, 0.6) is 17.2 Å². The Balaban J connectivity index is 3.54. The molecule has 0 spiro atoms. The van der Waals surface area contributed by atoms with Gasteiger partial charge < -0.3 is 19.5 Å². The number of carbonyl (C=O) groups is 1. The molecule has 21 heavy (non-hydrogen) atoms. The Hall–Kier alpha value is -2.51. The number of hydrogen-bond donors (Lipinski definition) is 1. The minimum atomic E-state index is -0.679. The van der Waals surface area contributed by atoms with Crippen molar-refractivity contribution in [1.29, 1.82) is 0 Å². The molecule has 0 saturated heterocycles. The summed E-state index contributed by atoms with van der Waals surface area (Å²) in [6, 6.07) is 1.27. The van der Waals surface area contributed by atoms with E-state index < -0.39 is 16.5 Å². The van der Waals surface area contributed by atoms with Gasteiger partial charge in [-0.3, -0.25) is 14.9 Å². The third-order valence-electron chi connectivity index (χ3n) is 2.77. The Morgan fingerprint density at radius 1 is 1.24 bits per heavy atom. The largest absolute Gasteiger partial charge is 0.493 e. The van der Waals surface area contributed by atoms with Crippen molar-refractivity contribution in [3.63, 3.8) is 0 Å². The normalized spacial score (nSPS) is 9.90. The Bertz CT molecular complexity index is 544. The highest BCUT2D eigenvalue weighted by molar-refractivity contribution is 6.00. The highest BCUT2D eigenvalue weighted by Gasteiger charge is 2.32. The van der Waals surface area contributed by atoms with Crippen LogP contribution in [-0.4, -0.2) is 38.7 Å². The Morgan fingerprint density at radius 2 is 1.86 bits per heavy atom. The first kappa shape index (κ1) is 16.5. The number of rotatable bonds is 7. The molecule has 0 fully saturated rings. The van der Waals surface area contributed by atoms with Gasteiger partial charge in [0.15, 0.2) is 5.75 Å².